The number of nitrogens with zero attached hydrogens (tertiary/aromatic N) is 1. The number of hydrogen-bond acceptors (Lipinski definition) is 4. The Hall–Kier alpha value is -2.38. The molecule has 28 heavy (non-hydrogen) atoms. The second-order valence-corrected chi connectivity index (χ2v) is 8.77. The van der Waals surface area contributed by atoms with Gasteiger partial charge in [0, 0.05) is 23.8 Å². The molecule has 0 bridgehead atoms. The molecule has 0 aliphatic carbocycles. The van der Waals surface area contributed by atoms with Gasteiger partial charge < -0.3 is 10.1 Å². The van der Waals surface area contributed by atoms with Gasteiger partial charge in [-0.2, -0.15) is 4.31 Å². The van der Waals surface area contributed by atoms with Crippen molar-refractivity contribution in [3.8, 4) is 5.75 Å². The van der Waals surface area contributed by atoms with E-state index >= 15 is 0 Å². The third kappa shape index (κ3) is 4.36. The third-order valence-corrected chi connectivity index (χ3v) is 7.08. The van der Waals surface area contributed by atoms with E-state index in [4.69, 9.17) is 4.74 Å². The molecular formula is C21H26N2O4S. The van der Waals surface area contributed by atoms with E-state index in [2.05, 4.69) is 5.32 Å². The largest absolute Gasteiger partial charge is 0.497 e. The van der Waals surface area contributed by atoms with Gasteiger partial charge in [-0.25, -0.2) is 8.42 Å². The summed E-state index contributed by atoms with van der Waals surface area (Å²) in [6.07, 6.45) is 3.69. The lowest BCUT2D eigenvalue weighted by Gasteiger charge is -2.34. The van der Waals surface area contributed by atoms with Crippen LogP contribution in [0.4, 0.5) is 5.69 Å². The Labute approximate surface area is 166 Å². The molecule has 1 aliphatic heterocycles. The fourth-order valence-corrected chi connectivity index (χ4v) is 5.26. The predicted octanol–water partition coefficient (Wildman–Crippen LogP) is 3.90. The second-order valence-electron chi connectivity index (χ2n) is 6.88. The molecular weight excluding hydrogens is 376 g/mol. The first-order valence-electron chi connectivity index (χ1n) is 9.53. The first-order chi connectivity index (χ1) is 13.5. The van der Waals surface area contributed by atoms with Crippen LogP contribution in [0.15, 0.2) is 53.4 Å². The SMILES string of the molecule is CC[C@@H]1CCCCN1S(=O)(=O)c1ccc(NC(=O)c2ccc(OC)cc2)cc1. The number of hydrogen-bond donors (Lipinski definition) is 1. The van der Waals surface area contributed by atoms with Crippen LogP contribution in [-0.4, -0.2) is 38.3 Å². The van der Waals surface area contributed by atoms with Gasteiger partial charge in [0.1, 0.15) is 5.75 Å². The molecule has 0 saturated carbocycles. The Kier molecular flexibility index (Phi) is 6.36. The van der Waals surface area contributed by atoms with Gasteiger partial charge in [-0.3, -0.25) is 4.79 Å². The van der Waals surface area contributed by atoms with Crippen molar-refractivity contribution in [2.45, 2.75) is 43.5 Å². The van der Waals surface area contributed by atoms with Gasteiger partial charge in [-0.05, 0) is 67.8 Å². The fourth-order valence-electron chi connectivity index (χ4n) is 3.49. The lowest BCUT2D eigenvalue weighted by atomic mass is 10.0. The summed E-state index contributed by atoms with van der Waals surface area (Å²) < 4.78 is 32.7. The number of ether oxygens (including phenoxy) is 1. The topological polar surface area (TPSA) is 75.7 Å². The normalized spacial score (nSPS) is 17.9. The second kappa shape index (κ2) is 8.75. The van der Waals surface area contributed by atoms with E-state index < -0.39 is 10.0 Å². The van der Waals surface area contributed by atoms with E-state index in [-0.39, 0.29) is 16.8 Å². The smallest absolute Gasteiger partial charge is 0.255 e. The van der Waals surface area contributed by atoms with Crippen molar-refractivity contribution in [2.24, 2.45) is 0 Å². The zero-order valence-corrected chi connectivity index (χ0v) is 17.0. The van der Waals surface area contributed by atoms with E-state index in [0.29, 0.717) is 23.5 Å². The zero-order chi connectivity index (χ0) is 20.1. The maximum Gasteiger partial charge on any atom is 0.255 e. The van der Waals surface area contributed by atoms with Crippen LogP contribution in [0.25, 0.3) is 0 Å². The summed E-state index contributed by atoms with van der Waals surface area (Å²) in [6, 6.07) is 13.2. The predicted molar refractivity (Wildman–Crippen MR) is 109 cm³/mol. The highest BCUT2D eigenvalue weighted by atomic mass is 32.2. The number of rotatable bonds is 6. The van der Waals surface area contributed by atoms with E-state index in [0.717, 1.165) is 25.7 Å². The maximum atomic E-state index is 13.0. The Bertz CT molecular complexity index is 908. The fraction of sp³-hybridized carbons (Fsp3) is 0.381. The number of benzene rings is 2. The molecule has 1 atom stereocenters. The van der Waals surface area contributed by atoms with Crippen molar-refractivity contribution in [3.63, 3.8) is 0 Å². The Balaban J connectivity index is 1.72. The van der Waals surface area contributed by atoms with Gasteiger partial charge in [0.05, 0.1) is 12.0 Å². The summed E-state index contributed by atoms with van der Waals surface area (Å²) in [6.45, 7) is 2.59. The van der Waals surface area contributed by atoms with Crippen molar-refractivity contribution >= 4 is 21.6 Å². The molecule has 7 heteroatoms. The van der Waals surface area contributed by atoms with Crippen LogP contribution < -0.4 is 10.1 Å². The molecule has 0 spiro atoms. The lowest BCUT2D eigenvalue weighted by Crippen LogP contribution is -2.43. The summed E-state index contributed by atoms with van der Waals surface area (Å²) in [5.41, 5.74) is 1.04. The summed E-state index contributed by atoms with van der Waals surface area (Å²) in [5, 5.41) is 2.79. The highest BCUT2D eigenvalue weighted by Crippen LogP contribution is 2.27. The molecule has 0 radical (unpaired) electrons. The maximum absolute atomic E-state index is 13.0. The minimum Gasteiger partial charge on any atom is -0.497 e. The Morgan fingerprint density at radius 3 is 2.39 bits per heavy atom. The first kappa shape index (κ1) is 20.4. The van der Waals surface area contributed by atoms with Crippen LogP contribution in [0, 0.1) is 0 Å². The molecule has 1 N–H and O–H groups in total. The number of carbonyl (C=O) groups excluding carboxylic acids is 1. The van der Waals surface area contributed by atoms with Crippen LogP contribution in [0.1, 0.15) is 43.0 Å². The van der Waals surface area contributed by atoms with Gasteiger partial charge in [0.2, 0.25) is 10.0 Å². The van der Waals surface area contributed by atoms with Crippen LogP contribution in [0.3, 0.4) is 0 Å². The van der Waals surface area contributed by atoms with Crippen molar-refractivity contribution in [1.29, 1.82) is 0 Å². The number of anilines is 1. The zero-order valence-electron chi connectivity index (χ0n) is 16.2. The molecule has 6 nitrogen and oxygen atoms in total. The van der Waals surface area contributed by atoms with Crippen molar-refractivity contribution < 1.29 is 17.9 Å². The first-order valence-corrected chi connectivity index (χ1v) is 11.0. The third-order valence-electron chi connectivity index (χ3n) is 5.12. The molecule has 1 aliphatic rings. The summed E-state index contributed by atoms with van der Waals surface area (Å²) in [5.74, 6) is 0.412. The standard InChI is InChI=1S/C21H26N2O4S/c1-3-18-6-4-5-15-23(18)28(25,26)20-13-9-17(10-14-20)22-21(24)16-7-11-19(27-2)12-8-16/h7-14,18H,3-6,15H2,1-2H3,(H,22,24)/t18-/m1/s1. The number of methoxy groups -OCH3 is 1. The van der Waals surface area contributed by atoms with Gasteiger partial charge in [-0.15, -0.1) is 0 Å². The molecule has 3 rings (SSSR count). The quantitative estimate of drug-likeness (QED) is 0.795. The molecule has 0 unspecified atom stereocenters. The minimum absolute atomic E-state index is 0.0631. The average molecular weight is 403 g/mol. The van der Waals surface area contributed by atoms with Gasteiger partial charge in [-0.1, -0.05) is 13.3 Å². The molecule has 2 aromatic rings. The van der Waals surface area contributed by atoms with Crippen LogP contribution in [-0.2, 0) is 10.0 Å². The van der Waals surface area contributed by atoms with Gasteiger partial charge >= 0.3 is 0 Å². The highest BCUT2D eigenvalue weighted by molar-refractivity contribution is 7.89. The molecule has 1 saturated heterocycles. The van der Waals surface area contributed by atoms with Crippen molar-refractivity contribution in [3.05, 3.63) is 54.1 Å². The molecule has 2 aromatic carbocycles. The number of piperidine rings is 1. The molecule has 0 aromatic heterocycles. The lowest BCUT2D eigenvalue weighted by molar-refractivity contribution is 0.102. The molecule has 1 amide bonds. The van der Waals surface area contributed by atoms with E-state index in [1.54, 1.807) is 59.9 Å². The van der Waals surface area contributed by atoms with Crippen molar-refractivity contribution in [2.75, 3.05) is 19.0 Å². The van der Waals surface area contributed by atoms with Gasteiger partial charge in [0.25, 0.3) is 5.91 Å². The molecule has 1 heterocycles. The monoisotopic (exact) mass is 402 g/mol. The van der Waals surface area contributed by atoms with Gasteiger partial charge in [0.15, 0.2) is 0 Å². The minimum atomic E-state index is -3.52. The number of nitrogens with one attached hydrogen (secondary N) is 1. The molecule has 1 fully saturated rings. The Morgan fingerprint density at radius 2 is 1.79 bits per heavy atom. The Morgan fingerprint density at radius 1 is 1.11 bits per heavy atom. The van der Waals surface area contributed by atoms with E-state index in [1.807, 2.05) is 6.92 Å². The van der Waals surface area contributed by atoms with E-state index in [9.17, 15) is 13.2 Å². The number of sulfonamides is 1. The van der Waals surface area contributed by atoms with Crippen molar-refractivity contribution in [1.82, 2.24) is 4.31 Å². The summed E-state index contributed by atoms with van der Waals surface area (Å²) >= 11 is 0. The summed E-state index contributed by atoms with van der Waals surface area (Å²) in [7, 11) is -1.95. The number of carbonyl (C=O) groups is 1. The van der Waals surface area contributed by atoms with Crippen LogP contribution >= 0.6 is 0 Å². The highest BCUT2D eigenvalue weighted by Gasteiger charge is 2.32. The summed E-state index contributed by atoms with van der Waals surface area (Å²) in [4.78, 5) is 12.6. The molecule has 150 valence electrons. The van der Waals surface area contributed by atoms with E-state index in [1.165, 1.54) is 0 Å². The van der Waals surface area contributed by atoms with Crippen LogP contribution in [0.5, 0.6) is 5.75 Å². The van der Waals surface area contributed by atoms with Crippen LogP contribution in [0.2, 0.25) is 0 Å². The average Bonchev–Trinajstić information content (AvgIpc) is 2.74. The number of amides is 1.